The number of rotatable bonds is 4. The van der Waals surface area contributed by atoms with Gasteiger partial charge in [-0.3, -0.25) is 9.59 Å². The van der Waals surface area contributed by atoms with Crippen LogP contribution in [0.15, 0.2) is 41.8 Å². The number of benzene rings is 1. The Balaban J connectivity index is 1.74. The van der Waals surface area contributed by atoms with E-state index in [-0.39, 0.29) is 24.1 Å². The summed E-state index contributed by atoms with van der Waals surface area (Å²) < 4.78 is 1.98. The molecule has 0 spiro atoms. The molecule has 2 amide bonds. The van der Waals surface area contributed by atoms with Crippen LogP contribution in [0.25, 0.3) is 0 Å². The predicted molar refractivity (Wildman–Crippen MR) is 86.0 cm³/mol. The lowest BCUT2D eigenvalue weighted by Crippen LogP contribution is -2.43. The van der Waals surface area contributed by atoms with Gasteiger partial charge in [0.25, 0.3) is 0 Å². The zero-order chi connectivity index (χ0) is 15.5. The van der Waals surface area contributed by atoms with Crippen molar-refractivity contribution >= 4 is 35.0 Å². The maximum absolute atomic E-state index is 12.5. The summed E-state index contributed by atoms with van der Waals surface area (Å²) in [5, 5.41) is 3.59. The van der Waals surface area contributed by atoms with Crippen molar-refractivity contribution < 1.29 is 9.59 Å². The van der Waals surface area contributed by atoms with Crippen LogP contribution < -0.4 is 10.2 Å². The Morgan fingerprint density at radius 1 is 1.41 bits per heavy atom. The van der Waals surface area contributed by atoms with Crippen molar-refractivity contribution in [2.45, 2.75) is 18.6 Å². The Labute approximate surface area is 132 Å². The lowest BCUT2D eigenvalue weighted by atomic mass is 10.2. The largest absolute Gasteiger partial charge is 0.326 e. The molecular weight excluding hydrogens is 300 g/mol. The fraction of sp³-hybridized carbons (Fsp3) is 0.267. The summed E-state index contributed by atoms with van der Waals surface area (Å²) in [6, 6.07) is 7.32. The van der Waals surface area contributed by atoms with E-state index in [1.807, 2.05) is 35.9 Å². The van der Waals surface area contributed by atoms with Crippen LogP contribution in [-0.2, 0) is 16.1 Å². The van der Waals surface area contributed by atoms with Crippen LogP contribution in [0.3, 0.4) is 0 Å². The van der Waals surface area contributed by atoms with Gasteiger partial charge in [0.1, 0.15) is 6.54 Å². The molecule has 1 aromatic carbocycles. The number of carbonyl (C=O) groups excluding carboxylic acids is 2. The molecule has 2 aromatic rings. The maximum atomic E-state index is 12.5. The molecule has 0 bridgehead atoms. The fourth-order valence-corrected chi connectivity index (χ4v) is 3.24. The van der Waals surface area contributed by atoms with Crippen molar-refractivity contribution in [3.05, 3.63) is 36.7 Å². The first kappa shape index (κ1) is 14.6. The topological polar surface area (TPSA) is 67.2 Å². The van der Waals surface area contributed by atoms with Gasteiger partial charge >= 0.3 is 0 Å². The minimum absolute atomic E-state index is 0.0542. The number of imidazole rings is 1. The average molecular weight is 316 g/mol. The van der Waals surface area contributed by atoms with E-state index in [4.69, 9.17) is 0 Å². The van der Waals surface area contributed by atoms with Crippen molar-refractivity contribution in [1.29, 1.82) is 0 Å². The molecule has 1 aromatic heterocycles. The average Bonchev–Trinajstić information content (AvgIpc) is 2.99. The van der Waals surface area contributed by atoms with Gasteiger partial charge in [-0.15, -0.1) is 0 Å². The third kappa shape index (κ3) is 2.85. The van der Waals surface area contributed by atoms with Crippen molar-refractivity contribution in [1.82, 2.24) is 9.55 Å². The SMILES string of the molecule is CCn1ccnc1SCC(=O)N1CC(=O)Nc2ccccc21. The summed E-state index contributed by atoms with van der Waals surface area (Å²) in [5.74, 6) is -0.0245. The van der Waals surface area contributed by atoms with Crippen LogP contribution in [0.1, 0.15) is 6.92 Å². The number of carbonyl (C=O) groups is 2. The zero-order valence-electron chi connectivity index (χ0n) is 12.2. The second-order valence-corrected chi connectivity index (χ2v) is 5.77. The molecule has 0 atom stereocenters. The molecule has 2 heterocycles. The molecule has 3 rings (SSSR count). The summed E-state index contributed by atoms with van der Waals surface area (Å²) in [6.07, 6.45) is 3.61. The molecule has 1 N–H and O–H groups in total. The van der Waals surface area contributed by atoms with Crippen LogP contribution in [0, 0.1) is 0 Å². The van der Waals surface area contributed by atoms with E-state index in [0.29, 0.717) is 5.69 Å². The van der Waals surface area contributed by atoms with E-state index >= 15 is 0 Å². The maximum Gasteiger partial charge on any atom is 0.244 e. The monoisotopic (exact) mass is 316 g/mol. The number of hydrogen-bond acceptors (Lipinski definition) is 4. The first-order valence-corrected chi connectivity index (χ1v) is 8.00. The predicted octanol–water partition coefficient (Wildman–Crippen LogP) is 1.98. The summed E-state index contributed by atoms with van der Waals surface area (Å²) in [6.45, 7) is 2.89. The van der Waals surface area contributed by atoms with E-state index in [2.05, 4.69) is 10.3 Å². The van der Waals surface area contributed by atoms with Gasteiger partial charge in [0.05, 0.1) is 17.1 Å². The molecule has 0 aliphatic carbocycles. The van der Waals surface area contributed by atoms with E-state index < -0.39 is 0 Å². The molecule has 6 nitrogen and oxygen atoms in total. The van der Waals surface area contributed by atoms with Gasteiger partial charge in [-0.05, 0) is 19.1 Å². The van der Waals surface area contributed by atoms with Crippen LogP contribution >= 0.6 is 11.8 Å². The number of nitrogens with one attached hydrogen (secondary N) is 1. The van der Waals surface area contributed by atoms with Crippen LogP contribution in [0.4, 0.5) is 11.4 Å². The van der Waals surface area contributed by atoms with E-state index in [9.17, 15) is 9.59 Å². The highest BCUT2D eigenvalue weighted by molar-refractivity contribution is 7.99. The Bertz CT molecular complexity index is 713. The number of nitrogens with zero attached hydrogens (tertiary/aromatic N) is 3. The Morgan fingerprint density at radius 3 is 3.05 bits per heavy atom. The first-order valence-electron chi connectivity index (χ1n) is 7.02. The van der Waals surface area contributed by atoms with Gasteiger partial charge in [-0.1, -0.05) is 23.9 Å². The smallest absolute Gasteiger partial charge is 0.244 e. The quantitative estimate of drug-likeness (QED) is 0.876. The molecule has 1 aliphatic heterocycles. The number of fused-ring (bicyclic) bond motifs is 1. The van der Waals surface area contributed by atoms with Gasteiger partial charge in [0.2, 0.25) is 11.8 Å². The fourth-order valence-electron chi connectivity index (χ4n) is 2.34. The van der Waals surface area contributed by atoms with Gasteiger partial charge < -0.3 is 14.8 Å². The summed E-state index contributed by atoms with van der Waals surface area (Å²) in [4.78, 5) is 30.0. The Hall–Kier alpha value is -2.28. The van der Waals surface area contributed by atoms with Gasteiger partial charge in [0, 0.05) is 18.9 Å². The number of aryl methyl sites for hydroxylation is 1. The second kappa shape index (κ2) is 6.23. The molecule has 7 heteroatoms. The highest BCUT2D eigenvalue weighted by atomic mass is 32.2. The standard InChI is InChI=1S/C15H16N4O2S/c1-2-18-8-7-16-15(18)22-10-14(21)19-9-13(20)17-11-5-3-4-6-12(11)19/h3-8H,2,9-10H2,1H3,(H,17,20). The van der Waals surface area contributed by atoms with Crippen molar-refractivity contribution in [2.24, 2.45) is 0 Å². The third-order valence-corrected chi connectivity index (χ3v) is 4.40. The molecule has 0 radical (unpaired) electrons. The van der Waals surface area contributed by atoms with Gasteiger partial charge in [-0.25, -0.2) is 4.98 Å². The summed E-state index contributed by atoms with van der Waals surface area (Å²) >= 11 is 1.38. The van der Waals surface area contributed by atoms with Crippen molar-refractivity contribution in [3.8, 4) is 0 Å². The number of hydrogen-bond donors (Lipinski definition) is 1. The molecule has 0 fully saturated rings. The van der Waals surface area contributed by atoms with E-state index in [1.165, 1.54) is 16.7 Å². The molecule has 22 heavy (non-hydrogen) atoms. The Morgan fingerprint density at radius 2 is 2.23 bits per heavy atom. The summed E-state index contributed by atoms with van der Waals surface area (Å²) in [7, 11) is 0. The van der Waals surface area contributed by atoms with E-state index in [1.54, 1.807) is 12.3 Å². The number of aromatic nitrogens is 2. The molecule has 114 valence electrons. The zero-order valence-corrected chi connectivity index (χ0v) is 13.0. The van der Waals surface area contributed by atoms with Crippen molar-refractivity contribution in [3.63, 3.8) is 0 Å². The van der Waals surface area contributed by atoms with Crippen molar-refractivity contribution in [2.75, 3.05) is 22.5 Å². The molecular formula is C15H16N4O2S. The highest BCUT2D eigenvalue weighted by Gasteiger charge is 2.26. The normalized spacial score (nSPS) is 13.7. The number of anilines is 2. The lowest BCUT2D eigenvalue weighted by Gasteiger charge is -2.29. The minimum Gasteiger partial charge on any atom is -0.326 e. The molecule has 1 aliphatic rings. The van der Waals surface area contributed by atoms with E-state index in [0.717, 1.165) is 17.4 Å². The summed E-state index contributed by atoms with van der Waals surface area (Å²) in [5.41, 5.74) is 1.42. The lowest BCUT2D eigenvalue weighted by molar-refractivity contribution is -0.120. The Kier molecular flexibility index (Phi) is 4.15. The van der Waals surface area contributed by atoms with Gasteiger partial charge in [0.15, 0.2) is 5.16 Å². The number of amides is 2. The second-order valence-electron chi connectivity index (χ2n) is 4.83. The highest BCUT2D eigenvalue weighted by Crippen LogP contribution is 2.29. The van der Waals surface area contributed by atoms with Crippen LogP contribution in [0.5, 0.6) is 0 Å². The van der Waals surface area contributed by atoms with Crippen LogP contribution in [0.2, 0.25) is 0 Å². The van der Waals surface area contributed by atoms with Crippen LogP contribution in [-0.4, -0.2) is 33.7 Å². The number of thioether (sulfide) groups is 1. The number of para-hydroxylation sites is 2. The van der Waals surface area contributed by atoms with Gasteiger partial charge in [-0.2, -0.15) is 0 Å². The minimum atomic E-state index is -0.174. The third-order valence-electron chi connectivity index (χ3n) is 3.41. The molecule has 0 unspecified atom stereocenters. The molecule has 0 saturated heterocycles. The molecule has 0 saturated carbocycles. The first-order chi connectivity index (χ1) is 10.7.